The highest BCUT2D eigenvalue weighted by Gasteiger charge is 2.19. The first-order valence-electron chi connectivity index (χ1n) is 6.63. The maximum atomic E-state index is 14.0. The molecule has 1 saturated heterocycles. The fraction of sp³-hybridized carbons (Fsp3) is 0.462. The van der Waals surface area contributed by atoms with Crippen LogP contribution in [0.5, 0.6) is 0 Å². The number of ether oxygens (including phenoxy) is 1. The molecule has 20 heavy (non-hydrogen) atoms. The average molecular weight is 277 g/mol. The normalized spacial score (nSPS) is 19.1. The number of hydrogen-bond acceptors (Lipinski definition) is 5. The van der Waals surface area contributed by atoms with Crippen LogP contribution >= 0.6 is 0 Å². The molecule has 1 unspecified atom stereocenters. The Morgan fingerprint density at radius 2 is 2.35 bits per heavy atom. The van der Waals surface area contributed by atoms with Crippen LogP contribution in [0, 0.1) is 11.7 Å². The Morgan fingerprint density at radius 3 is 3.10 bits per heavy atom. The van der Waals surface area contributed by atoms with E-state index in [1.54, 1.807) is 16.8 Å². The van der Waals surface area contributed by atoms with Crippen LogP contribution in [0.2, 0.25) is 0 Å². The molecule has 0 bridgehead atoms. The molecule has 0 amide bonds. The molecule has 6 nitrogen and oxygen atoms in total. The zero-order valence-electron chi connectivity index (χ0n) is 11.0. The monoisotopic (exact) mass is 277 g/mol. The van der Waals surface area contributed by atoms with Gasteiger partial charge in [0, 0.05) is 18.2 Å². The third-order valence-corrected chi connectivity index (χ3v) is 3.45. The van der Waals surface area contributed by atoms with Crippen molar-refractivity contribution in [3.05, 3.63) is 24.0 Å². The van der Waals surface area contributed by atoms with E-state index in [1.165, 1.54) is 6.07 Å². The van der Waals surface area contributed by atoms with Crippen molar-refractivity contribution in [2.75, 3.05) is 18.9 Å². The van der Waals surface area contributed by atoms with E-state index >= 15 is 0 Å². The van der Waals surface area contributed by atoms with Crippen molar-refractivity contribution in [2.45, 2.75) is 19.4 Å². The minimum atomic E-state index is -0.416. The number of halogens is 1. The van der Waals surface area contributed by atoms with E-state index in [0.717, 1.165) is 19.4 Å². The number of rotatable bonds is 3. The predicted molar refractivity (Wildman–Crippen MR) is 71.2 cm³/mol. The summed E-state index contributed by atoms with van der Waals surface area (Å²) in [6.07, 6.45) is 2.11. The van der Waals surface area contributed by atoms with Gasteiger partial charge in [0.1, 0.15) is 5.82 Å². The topological polar surface area (TPSA) is 78.9 Å². The van der Waals surface area contributed by atoms with Crippen LogP contribution in [0.25, 0.3) is 11.4 Å². The van der Waals surface area contributed by atoms with Crippen LogP contribution in [0.3, 0.4) is 0 Å². The molecule has 1 aromatic heterocycles. The first-order valence-corrected chi connectivity index (χ1v) is 6.63. The highest BCUT2D eigenvalue weighted by Crippen LogP contribution is 2.23. The molecule has 1 fully saturated rings. The summed E-state index contributed by atoms with van der Waals surface area (Å²) < 4.78 is 21.0. The Morgan fingerprint density at radius 1 is 1.45 bits per heavy atom. The van der Waals surface area contributed by atoms with Crippen LogP contribution in [-0.4, -0.2) is 33.4 Å². The third-order valence-electron chi connectivity index (χ3n) is 3.45. The van der Waals surface area contributed by atoms with Crippen LogP contribution in [-0.2, 0) is 11.3 Å². The highest BCUT2D eigenvalue weighted by atomic mass is 19.1. The van der Waals surface area contributed by atoms with Gasteiger partial charge in [0.25, 0.3) is 0 Å². The van der Waals surface area contributed by atoms with E-state index in [9.17, 15) is 4.39 Å². The van der Waals surface area contributed by atoms with Crippen molar-refractivity contribution in [1.29, 1.82) is 0 Å². The van der Waals surface area contributed by atoms with Gasteiger partial charge in [-0.1, -0.05) is 0 Å². The van der Waals surface area contributed by atoms with E-state index in [1.807, 2.05) is 0 Å². The fourth-order valence-corrected chi connectivity index (χ4v) is 2.43. The Balaban J connectivity index is 1.85. The van der Waals surface area contributed by atoms with Gasteiger partial charge in [0.15, 0.2) is 5.82 Å². The maximum Gasteiger partial charge on any atom is 0.184 e. The SMILES string of the molecule is Nc1ccc(-c2nnnn2CC2CCCOC2)c(F)c1. The van der Waals surface area contributed by atoms with Crippen molar-refractivity contribution >= 4 is 5.69 Å². The molecule has 0 spiro atoms. The van der Waals surface area contributed by atoms with E-state index in [4.69, 9.17) is 10.5 Å². The average Bonchev–Trinajstić information content (AvgIpc) is 2.88. The smallest absolute Gasteiger partial charge is 0.184 e. The quantitative estimate of drug-likeness (QED) is 0.860. The molecular weight excluding hydrogens is 261 g/mol. The standard InChI is InChI=1S/C13H16FN5O/c14-12-6-10(15)3-4-11(12)13-16-17-18-19(13)7-9-2-1-5-20-8-9/h3-4,6,9H,1-2,5,7-8,15H2. The lowest BCUT2D eigenvalue weighted by molar-refractivity contribution is 0.0470. The number of nitrogen functional groups attached to an aromatic ring is 1. The zero-order valence-corrected chi connectivity index (χ0v) is 11.0. The summed E-state index contributed by atoms with van der Waals surface area (Å²) in [6, 6.07) is 4.52. The summed E-state index contributed by atoms with van der Waals surface area (Å²) in [5, 5.41) is 11.5. The van der Waals surface area contributed by atoms with Crippen molar-refractivity contribution in [3.63, 3.8) is 0 Å². The van der Waals surface area contributed by atoms with E-state index < -0.39 is 5.82 Å². The number of anilines is 1. The second kappa shape index (κ2) is 5.54. The van der Waals surface area contributed by atoms with Crippen molar-refractivity contribution in [3.8, 4) is 11.4 Å². The van der Waals surface area contributed by atoms with Crippen molar-refractivity contribution in [1.82, 2.24) is 20.2 Å². The lowest BCUT2D eigenvalue weighted by atomic mass is 10.0. The van der Waals surface area contributed by atoms with Crippen LogP contribution in [0.1, 0.15) is 12.8 Å². The van der Waals surface area contributed by atoms with Gasteiger partial charge >= 0.3 is 0 Å². The molecule has 2 N–H and O–H groups in total. The molecule has 2 aromatic rings. The minimum absolute atomic E-state index is 0.362. The molecule has 0 aliphatic carbocycles. The molecule has 1 atom stereocenters. The van der Waals surface area contributed by atoms with Crippen LogP contribution < -0.4 is 5.73 Å². The Labute approximate surface area is 115 Å². The van der Waals surface area contributed by atoms with Gasteiger partial charge in [-0.25, -0.2) is 9.07 Å². The fourth-order valence-electron chi connectivity index (χ4n) is 2.43. The van der Waals surface area contributed by atoms with E-state index in [-0.39, 0.29) is 0 Å². The molecule has 3 rings (SSSR count). The molecular formula is C13H16FN5O. The summed E-state index contributed by atoms with van der Waals surface area (Å²) in [4.78, 5) is 0. The Hall–Kier alpha value is -2.02. The van der Waals surface area contributed by atoms with Gasteiger partial charge in [-0.3, -0.25) is 0 Å². The Kier molecular flexibility index (Phi) is 3.60. The molecule has 7 heteroatoms. The summed E-state index contributed by atoms with van der Waals surface area (Å²) in [5.41, 5.74) is 6.30. The summed E-state index contributed by atoms with van der Waals surface area (Å²) >= 11 is 0. The molecule has 0 radical (unpaired) electrons. The molecule has 1 aliphatic rings. The number of aromatic nitrogens is 4. The molecule has 106 valence electrons. The third kappa shape index (κ3) is 2.62. The van der Waals surface area contributed by atoms with E-state index in [2.05, 4.69) is 15.5 Å². The number of hydrogen-bond donors (Lipinski definition) is 1. The van der Waals surface area contributed by atoms with Crippen molar-refractivity contribution < 1.29 is 9.13 Å². The van der Waals surface area contributed by atoms with E-state index in [0.29, 0.717) is 36.1 Å². The second-order valence-corrected chi connectivity index (χ2v) is 5.01. The largest absolute Gasteiger partial charge is 0.399 e. The second-order valence-electron chi connectivity index (χ2n) is 5.01. The number of benzene rings is 1. The van der Waals surface area contributed by atoms with Gasteiger partial charge in [-0.05, 0) is 41.5 Å². The number of nitrogens with zero attached hydrogens (tertiary/aromatic N) is 4. The summed E-state index contributed by atoms with van der Waals surface area (Å²) in [6.45, 7) is 2.14. The van der Waals surface area contributed by atoms with Gasteiger partial charge in [0.2, 0.25) is 0 Å². The number of nitrogens with two attached hydrogens (primary N) is 1. The molecule has 0 saturated carbocycles. The maximum absolute atomic E-state index is 14.0. The summed E-state index contributed by atoms with van der Waals surface area (Å²) in [7, 11) is 0. The zero-order chi connectivity index (χ0) is 13.9. The van der Waals surface area contributed by atoms with Gasteiger partial charge < -0.3 is 10.5 Å². The first kappa shape index (κ1) is 13.0. The lowest BCUT2D eigenvalue weighted by Crippen LogP contribution is -2.23. The van der Waals surface area contributed by atoms with Crippen LogP contribution in [0.4, 0.5) is 10.1 Å². The lowest BCUT2D eigenvalue weighted by Gasteiger charge is -2.21. The molecule has 2 heterocycles. The van der Waals surface area contributed by atoms with Gasteiger partial charge in [0.05, 0.1) is 18.7 Å². The first-order chi connectivity index (χ1) is 9.74. The van der Waals surface area contributed by atoms with Gasteiger partial charge in [-0.15, -0.1) is 5.10 Å². The van der Waals surface area contributed by atoms with Gasteiger partial charge in [-0.2, -0.15) is 0 Å². The Bertz CT molecular complexity index is 594. The van der Waals surface area contributed by atoms with Crippen LogP contribution in [0.15, 0.2) is 18.2 Å². The highest BCUT2D eigenvalue weighted by molar-refractivity contribution is 5.59. The number of tetrazole rings is 1. The molecule has 1 aromatic carbocycles. The molecule has 1 aliphatic heterocycles. The minimum Gasteiger partial charge on any atom is -0.399 e. The predicted octanol–water partition coefficient (Wildman–Crippen LogP) is 1.49. The summed E-state index contributed by atoms with van der Waals surface area (Å²) in [5.74, 6) is 0.372. The van der Waals surface area contributed by atoms with Crippen molar-refractivity contribution in [2.24, 2.45) is 5.92 Å².